The number of nitrogens with zero attached hydrogens (tertiary/aromatic N) is 2. The summed E-state index contributed by atoms with van der Waals surface area (Å²) in [6.45, 7) is 2.53. The van der Waals surface area contributed by atoms with Gasteiger partial charge in [0.1, 0.15) is 11.8 Å². The molecule has 0 spiro atoms. The molecule has 2 amide bonds. The van der Waals surface area contributed by atoms with Crippen LogP contribution in [-0.2, 0) is 32.6 Å². The van der Waals surface area contributed by atoms with Crippen LogP contribution in [-0.4, -0.2) is 57.6 Å². The molecule has 1 N–H and O–H groups in total. The maximum absolute atomic E-state index is 13.8. The van der Waals surface area contributed by atoms with E-state index in [2.05, 4.69) is 5.32 Å². The molecule has 0 radical (unpaired) electrons. The highest BCUT2D eigenvalue weighted by Crippen LogP contribution is 2.23. The van der Waals surface area contributed by atoms with Crippen LogP contribution in [0.3, 0.4) is 0 Å². The minimum Gasteiger partial charge on any atom is -0.497 e. The first-order valence-electron chi connectivity index (χ1n) is 13.1. The molecule has 3 aromatic carbocycles. The van der Waals surface area contributed by atoms with Crippen molar-refractivity contribution in [2.75, 3.05) is 30.8 Å². The Bertz CT molecular complexity index is 1380. The number of methoxy groups -OCH3 is 1. The normalized spacial score (nSPS) is 11.9. The molecule has 0 saturated heterocycles. The Labute approximate surface area is 241 Å². The van der Waals surface area contributed by atoms with Crippen LogP contribution in [0.15, 0.2) is 78.9 Å². The lowest BCUT2D eigenvalue weighted by molar-refractivity contribution is -0.141. The highest BCUT2D eigenvalue weighted by molar-refractivity contribution is 7.92. The second-order valence-electron chi connectivity index (χ2n) is 9.39. The summed E-state index contributed by atoms with van der Waals surface area (Å²) in [4.78, 5) is 28.7. The summed E-state index contributed by atoms with van der Waals surface area (Å²) in [5, 5.41) is 3.29. The summed E-state index contributed by atoms with van der Waals surface area (Å²) >= 11 is 6.09. The second-order valence-corrected chi connectivity index (χ2v) is 11.7. The van der Waals surface area contributed by atoms with Gasteiger partial charge in [-0.05, 0) is 54.8 Å². The number of hydrogen-bond acceptors (Lipinski definition) is 5. The first-order valence-corrected chi connectivity index (χ1v) is 15.3. The fourth-order valence-electron chi connectivity index (χ4n) is 4.45. The molecule has 0 fully saturated rings. The van der Waals surface area contributed by atoms with Gasteiger partial charge in [-0.25, -0.2) is 8.42 Å². The van der Waals surface area contributed by atoms with Crippen LogP contribution in [0, 0.1) is 0 Å². The zero-order valence-corrected chi connectivity index (χ0v) is 24.6. The topological polar surface area (TPSA) is 96.0 Å². The molecule has 1 atom stereocenters. The average Bonchev–Trinajstić information content (AvgIpc) is 2.93. The Balaban J connectivity index is 1.88. The predicted molar refractivity (Wildman–Crippen MR) is 159 cm³/mol. The first kappa shape index (κ1) is 31.0. The number of sulfonamides is 1. The van der Waals surface area contributed by atoms with Crippen molar-refractivity contribution in [3.05, 3.63) is 95.0 Å². The van der Waals surface area contributed by atoms with Crippen LogP contribution in [0.2, 0.25) is 5.02 Å². The molecule has 0 aromatic heterocycles. The molecule has 3 rings (SSSR count). The number of hydrogen-bond donors (Lipinski definition) is 1. The van der Waals surface area contributed by atoms with E-state index in [1.165, 1.54) is 4.31 Å². The van der Waals surface area contributed by atoms with Crippen LogP contribution < -0.4 is 14.4 Å². The van der Waals surface area contributed by atoms with Crippen LogP contribution in [0.4, 0.5) is 5.69 Å². The van der Waals surface area contributed by atoms with Gasteiger partial charge in [-0.1, -0.05) is 60.1 Å². The number of benzene rings is 3. The fraction of sp³-hybridized carbons (Fsp3) is 0.333. The van der Waals surface area contributed by atoms with Crippen molar-refractivity contribution in [1.29, 1.82) is 0 Å². The van der Waals surface area contributed by atoms with E-state index in [1.807, 2.05) is 61.5 Å². The number of amides is 2. The van der Waals surface area contributed by atoms with Crippen LogP contribution in [0.1, 0.15) is 30.9 Å². The molecule has 214 valence electrons. The number of anilines is 1. The number of carbonyl (C=O) groups excluding carboxylic acids is 2. The number of nitrogens with one attached hydrogen (secondary N) is 1. The maximum atomic E-state index is 13.8. The second kappa shape index (κ2) is 14.7. The lowest BCUT2D eigenvalue weighted by atomic mass is 10.0. The summed E-state index contributed by atoms with van der Waals surface area (Å²) < 4.78 is 31.7. The van der Waals surface area contributed by atoms with Gasteiger partial charge in [0.25, 0.3) is 0 Å². The largest absolute Gasteiger partial charge is 0.497 e. The van der Waals surface area contributed by atoms with Gasteiger partial charge in [0.05, 0.1) is 19.1 Å². The van der Waals surface area contributed by atoms with Gasteiger partial charge in [0.2, 0.25) is 21.8 Å². The van der Waals surface area contributed by atoms with Gasteiger partial charge in [0, 0.05) is 37.5 Å². The Hall–Kier alpha value is -3.56. The lowest BCUT2D eigenvalue weighted by Crippen LogP contribution is -2.50. The summed E-state index contributed by atoms with van der Waals surface area (Å²) in [7, 11) is -2.04. The van der Waals surface area contributed by atoms with Gasteiger partial charge < -0.3 is 15.0 Å². The summed E-state index contributed by atoms with van der Waals surface area (Å²) in [6, 6.07) is 22.7. The first-order chi connectivity index (χ1) is 19.1. The lowest BCUT2D eigenvalue weighted by Gasteiger charge is -2.32. The van der Waals surface area contributed by atoms with E-state index >= 15 is 0 Å². The van der Waals surface area contributed by atoms with Gasteiger partial charge >= 0.3 is 0 Å². The number of carbonyl (C=O) groups is 2. The van der Waals surface area contributed by atoms with E-state index in [4.69, 9.17) is 16.3 Å². The summed E-state index contributed by atoms with van der Waals surface area (Å²) in [6.07, 6.45) is 1.75. The highest BCUT2D eigenvalue weighted by Gasteiger charge is 2.30. The van der Waals surface area contributed by atoms with E-state index in [-0.39, 0.29) is 37.7 Å². The smallest absolute Gasteiger partial charge is 0.243 e. The molecule has 3 aromatic rings. The highest BCUT2D eigenvalue weighted by atomic mass is 35.5. The van der Waals surface area contributed by atoms with Crippen molar-refractivity contribution in [2.24, 2.45) is 0 Å². The van der Waals surface area contributed by atoms with Gasteiger partial charge in [0.15, 0.2) is 0 Å². The predicted octanol–water partition coefficient (Wildman–Crippen LogP) is 4.67. The van der Waals surface area contributed by atoms with Crippen molar-refractivity contribution in [3.63, 3.8) is 0 Å². The van der Waals surface area contributed by atoms with E-state index in [1.54, 1.807) is 36.3 Å². The molecular weight excluding hydrogens is 550 g/mol. The standard InChI is InChI=1S/C30H36ClN3O5S/c1-4-32-30(36)28(20-23-11-6-5-7-12-23)33(22-24-13-8-16-27(19-24)39-2)29(35)17-10-18-34(40(3,37)38)26-15-9-14-25(31)21-26/h5-9,11-16,19,21,28H,4,10,17-18,20,22H2,1-3H3,(H,32,36). The molecule has 0 heterocycles. The van der Waals surface area contributed by atoms with E-state index in [0.29, 0.717) is 29.4 Å². The number of halogens is 1. The van der Waals surface area contributed by atoms with E-state index < -0.39 is 16.1 Å². The number of ether oxygens (including phenoxy) is 1. The fourth-order valence-corrected chi connectivity index (χ4v) is 5.59. The Morgan fingerprint density at radius 3 is 2.33 bits per heavy atom. The molecule has 1 unspecified atom stereocenters. The van der Waals surface area contributed by atoms with Crippen molar-refractivity contribution < 1.29 is 22.7 Å². The van der Waals surface area contributed by atoms with Crippen LogP contribution >= 0.6 is 11.6 Å². The van der Waals surface area contributed by atoms with Crippen LogP contribution in [0.25, 0.3) is 0 Å². The molecular formula is C30H36ClN3O5S. The molecule has 0 aliphatic carbocycles. The van der Waals surface area contributed by atoms with Crippen molar-refractivity contribution in [1.82, 2.24) is 10.2 Å². The van der Waals surface area contributed by atoms with Crippen LogP contribution in [0.5, 0.6) is 5.75 Å². The van der Waals surface area contributed by atoms with E-state index in [9.17, 15) is 18.0 Å². The molecule has 0 aliphatic rings. The minimum absolute atomic E-state index is 0.0429. The summed E-state index contributed by atoms with van der Waals surface area (Å²) in [5.74, 6) is 0.140. The van der Waals surface area contributed by atoms with Crippen molar-refractivity contribution in [2.45, 2.75) is 38.8 Å². The molecule has 40 heavy (non-hydrogen) atoms. The Morgan fingerprint density at radius 1 is 0.975 bits per heavy atom. The van der Waals surface area contributed by atoms with Crippen molar-refractivity contribution in [3.8, 4) is 5.75 Å². The maximum Gasteiger partial charge on any atom is 0.243 e. The number of likely N-dealkylation sites (N-methyl/N-ethyl adjacent to an activating group) is 1. The third-order valence-electron chi connectivity index (χ3n) is 6.36. The minimum atomic E-state index is -3.62. The molecule has 10 heteroatoms. The monoisotopic (exact) mass is 585 g/mol. The Morgan fingerprint density at radius 2 is 1.68 bits per heavy atom. The zero-order valence-electron chi connectivity index (χ0n) is 23.0. The van der Waals surface area contributed by atoms with E-state index in [0.717, 1.165) is 17.4 Å². The zero-order chi connectivity index (χ0) is 29.1. The number of rotatable bonds is 14. The average molecular weight is 586 g/mol. The summed E-state index contributed by atoms with van der Waals surface area (Å²) in [5.41, 5.74) is 2.16. The molecule has 0 saturated carbocycles. The van der Waals surface area contributed by atoms with Gasteiger partial charge in [-0.2, -0.15) is 0 Å². The third-order valence-corrected chi connectivity index (χ3v) is 7.79. The van der Waals surface area contributed by atoms with Crippen molar-refractivity contribution >= 4 is 39.1 Å². The molecule has 8 nitrogen and oxygen atoms in total. The quantitative estimate of drug-likeness (QED) is 0.297. The third kappa shape index (κ3) is 8.99. The SMILES string of the molecule is CCNC(=O)C(Cc1ccccc1)N(Cc1cccc(OC)c1)C(=O)CCCN(c1cccc(Cl)c1)S(C)(=O)=O. The molecule has 0 bridgehead atoms. The van der Waals surface area contributed by atoms with Gasteiger partial charge in [-0.3, -0.25) is 13.9 Å². The molecule has 0 aliphatic heterocycles. The van der Waals surface area contributed by atoms with Gasteiger partial charge in [-0.15, -0.1) is 0 Å². The Kier molecular flexibility index (Phi) is 11.4.